The molecule has 2 N–H and O–H groups in total. The summed E-state index contributed by atoms with van der Waals surface area (Å²) in [7, 11) is 0. The quantitative estimate of drug-likeness (QED) is 0.580. The summed E-state index contributed by atoms with van der Waals surface area (Å²) in [5.41, 5.74) is 1.93. The number of anilines is 1. The fraction of sp³-hybridized carbons (Fsp3) is 0.222. The van der Waals surface area contributed by atoms with Gasteiger partial charge in [-0.3, -0.25) is 0 Å². The Balaban J connectivity index is 1.74. The molecule has 0 aliphatic carbocycles. The van der Waals surface area contributed by atoms with Crippen LogP contribution in [-0.2, 0) is 13.2 Å². The summed E-state index contributed by atoms with van der Waals surface area (Å²) in [6.45, 7) is 3.31. The number of benzene rings is 2. The molecule has 136 valence electrons. The van der Waals surface area contributed by atoms with Crippen LogP contribution in [0.4, 0.5) is 5.95 Å². The number of nitrogens with one attached hydrogen (secondary N) is 2. The zero-order chi connectivity index (χ0) is 18.4. The maximum absolute atomic E-state index is 6.43. The SMILES string of the molecule is CCOc1cc(CNc2ncn[nH]2)cc(Cl)c1OCc1ccc(Cl)cc1. The number of halogens is 2. The van der Waals surface area contributed by atoms with Gasteiger partial charge in [-0.05, 0) is 42.3 Å². The summed E-state index contributed by atoms with van der Waals surface area (Å²) >= 11 is 12.3. The van der Waals surface area contributed by atoms with Crippen LogP contribution in [-0.4, -0.2) is 21.8 Å². The average molecular weight is 393 g/mol. The molecule has 0 atom stereocenters. The van der Waals surface area contributed by atoms with E-state index in [4.69, 9.17) is 32.7 Å². The van der Waals surface area contributed by atoms with Crippen molar-refractivity contribution in [2.45, 2.75) is 20.1 Å². The number of aromatic amines is 1. The zero-order valence-electron chi connectivity index (χ0n) is 14.1. The molecular weight excluding hydrogens is 375 g/mol. The Morgan fingerprint density at radius 1 is 1.08 bits per heavy atom. The molecule has 0 aliphatic heterocycles. The Hall–Kier alpha value is -2.44. The Labute approximate surface area is 161 Å². The molecule has 2 aromatic carbocycles. The number of aromatic nitrogens is 3. The van der Waals surface area contributed by atoms with Gasteiger partial charge in [-0.2, -0.15) is 5.10 Å². The topological polar surface area (TPSA) is 72.1 Å². The van der Waals surface area contributed by atoms with Crippen LogP contribution >= 0.6 is 23.2 Å². The number of hydrogen-bond acceptors (Lipinski definition) is 5. The lowest BCUT2D eigenvalue weighted by Crippen LogP contribution is -2.04. The standard InChI is InChI=1S/C18H18Cl2N4O2/c1-2-25-16-8-13(9-21-18-22-11-23-24-18)7-15(20)17(16)26-10-12-3-5-14(19)6-4-12/h3-8,11H,2,9-10H2,1H3,(H2,21,22,23,24). The molecule has 26 heavy (non-hydrogen) atoms. The Bertz CT molecular complexity index is 839. The Morgan fingerprint density at radius 2 is 1.88 bits per heavy atom. The molecule has 0 saturated carbocycles. The smallest absolute Gasteiger partial charge is 0.218 e. The third-order valence-corrected chi connectivity index (χ3v) is 4.07. The molecule has 0 saturated heterocycles. The maximum Gasteiger partial charge on any atom is 0.218 e. The molecule has 0 radical (unpaired) electrons. The second kappa shape index (κ2) is 8.78. The van der Waals surface area contributed by atoms with E-state index in [2.05, 4.69) is 20.5 Å². The van der Waals surface area contributed by atoms with Gasteiger partial charge in [0.1, 0.15) is 12.9 Å². The Morgan fingerprint density at radius 3 is 2.58 bits per heavy atom. The lowest BCUT2D eigenvalue weighted by atomic mass is 10.2. The normalized spacial score (nSPS) is 10.6. The number of rotatable bonds is 8. The van der Waals surface area contributed by atoms with Gasteiger partial charge >= 0.3 is 0 Å². The number of ether oxygens (including phenoxy) is 2. The summed E-state index contributed by atoms with van der Waals surface area (Å²) < 4.78 is 11.6. The third kappa shape index (κ3) is 4.80. The molecule has 3 rings (SSSR count). The lowest BCUT2D eigenvalue weighted by molar-refractivity contribution is 0.269. The molecule has 6 nitrogen and oxygen atoms in total. The first-order valence-corrected chi connectivity index (χ1v) is 8.83. The highest BCUT2D eigenvalue weighted by atomic mass is 35.5. The molecule has 0 unspecified atom stereocenters. The van der Waals surface area contributed by atoms with Crippen molar-refractivity contribution in [3.63, 3.8) is 0 Å². The summed E-state index contributed by atoms with van der Waals surface area (Å²) in [6, 6.07) is 11.2. The number of nitrogens with zero attached hydrogens (tertiary/aromatic N) is 2. The van der Waals surface area contributed by atoms with E-state index in [0.29, 0.717) is 47.3 Å². The highest BCUT2D eigenvalue weighted by Gasteiger charge is 2.13. The van der Waals surface area contributed by atoms with Crippen molar-refractivity contribution in [2.75, 3.05) is 11.9 Å². The minimum atomic E-state index is 0.368. The van der Waals surface area contributed by atoms with Crippen molar-refractivity contribution in [2.24, 2.45) is 0 Å². The summed E-state index contributed by atoms with van der Waals surface area (Å²) in [6.07, 6.45) is 1.44. The van der Waals surface area contributed by atoms with Crippen molar-refractivity contribution in [3.05, 3.63) is 63.9 Å². The van der Waals surface area contributed by atoms with Crippen LogP contribution in [0.1, 0.15) is 18.1 Å². The molecule has 1 heterocycles. The average Bonchev–Trinajstić information content (AvgIpc) is 3.14. The van der Waals surface area contributed by atoms with Crippen molar-refractivity contribution >= 4 is 29.2 Å². The van der Waals surface area contributed by atoms with E-state index in [0.717, 1.165) is 11.1 Å². The van der Waals surface area contributed by atoms with E-state index < -0.39 is 0 Å². The number of hydrogen-bond donors (Lipinski definition) is 2. The lowest BCUT2D eigenvalue weighted by Gasteiger charge is -2.15. The summed E-state index contributed by atoms with van der Waals surface area (Å²) in [5, 5.41) is 10.8. The molecule has 0 spiro atoms. The molecule has 0 aliphatic rings. The second-order valence-electron chi connectivity index (χ2n) is 5.44. The van der Waals surface area contributed by atoms with Crippen LogP contribution in [0.3, 0.4) is 0 Å². The van der Waals surface area contributed by atoms with Gasteiger partial charge in [0, 0.05) is 11.6 Å². The van der Waals surface area contributed by atoms with E-state index >= 15 is 0 Å². The fourth-order valence-corrected chi connectivity index (χ4v) is 2.75. The fourth-order valence-electron chi connectivity index (χ4n) is 2.34. The number of H-pyrrole nitrogens is 1. The van der Waals surface area contributed by atoms with Crippen molar-refractivity contribution in [3.8, 4) is 11.5 Å². The molecule has 0 fully saturated rings. The van der Waals surface area contributed by atoms with E-state index in [9.17, 15) is 0 Å². The van der Waals surface area contributed by atoms with Gasteiger partial charge in [-0.1, -0.05) is 35.3 Å². The molecular formula is C18H18Cl2N4O2. The first-order valence-electron chi connectivity index (χ1n) is 8.07. The molecule has 0 bridgehead atoms. The van der Waals surface area contributed by atoms with Gasteiger partial charge in [-0.15, -0.1) is 0 Å². The van der Waals surface area contributed by atoms with Crippen LogP contribution in [0.5, 0.6) is 11.5 Å². The second-order valence-corrected chi connectivity index (χ2v) is 6.28. The van der Waals surface area contributed by atoms with Gasteiger partial charge < -0.3 is 14.8 Å². The minimum Gasteiger partial charge on any atom is -0.490 e. The summed E-state index contributed by atoms with van der Waals surface area (Å²) in [4.78, 5) is 4.02. The largest absolute Gasteiger partial charge is 0.490 e. The molecule has 0 amide bonds. The van der Waals surface area contributed by atoms with Crippen molar-refractivity contribution < 1.29 is 9.47 Å². The van der Waals surface area contributed by atoms with Gasteiger partial charge in [0.05, 0.1) is 11.6 Å². The zero-order valence-corrected chi connectivity index (χ0v) is 15.6. The van der Waals surface area contributed by atoms with Crippen LogP contribution in [0.15, 0.2) is 42.7 Å². The van der Waals surface area contributed by atoms with Crippen LogP contribution < -0.4 is 14.8 Å². The first-order chi connectivity index (χ1) is 12.7. The highest BCUT2D eigenvalue weighted by Crippen LogP contribution is 2.37. The van der Waals surface area contributed by atoms with E-state index in [1.54, 1.807) is 0 Å². The van der Waals surface area contributed by atoms with Gasteiger partial charge in [0.15, 0.2) is 11.5 Å². The Kier molecular flexibility index (Phi) is 6.20. The third-order valence-electron chi connectivity index (χ3n) is 3.54. The van der Waals surface area contributed by atoms with Gasteiger partial charge in [0.25, 0.3) is 0 Å². The van der Waals surface area contributed by atoms with E-state index in [-0.39, 0.29) is 0 Å². The first kappa shape index (κ1) is 18.4. The highest BCUT2D eigenvalue weighted by molar-refractivity contribution is 6.32. The summed E-state index contributed by atoms with van der Waals surface area (Å²) in [5.74, 6) is 1.71. The van der Waals surface area contributed by atoms with Crippen LogP contribution in [0.2, 0.25) is 10.0 Å². The van der Waals surface area contributed by atoms with Gasteiger partial charge in [-0.25, -0.2) is 10.1 Å². The molecule has 3 aromatic rings. The van der Waals surface area contributed by atoms with Gasteiger partial charge in [0.2, 0.25) is 5.95 Å². The van der Waals surface area contributed by atoms with E-state index in [1.807, 2.05) is 43.3 Å². The predicted molar refractivity (Wildman–Crippen MR) is 102 cm³/mol. The monoisotopic (exact) mass is 392 g/mol. The maximum atomic E-state index is 6.43. The minimum absolute atomic E-state index is 0.368. The van der Waals surface area contributed by atoms with Crippen LogP contribution in [0, 0.1) is 0 Å². The molecule has 8 heteroatoms. The predicted octanol–water partition coefficient (Wildman–Crippen LogP) is 4.70. The molecule has 1 aromatic heterocycles. The van der Waals surface area contributed by atoms with E-state index in [1.165, 1.54) is 6.33 Å². The van der Waals surface area contributed by atoms with Crippen molar-refractivity contribution in [1.82, 2.24) is 15.2 Å². The van der Waals surface area contributed by atoms with Crippen molar-refractivity contribution in [1.29, 1.82) is 0 Å². The van der Waals surface area contributed by atoms with Crippen LogP contribution in [0.25, 0.3) is 0 Å².